The van der Waals surface area contributed by atoms with E-state index in [0.717, 1.165) is 25.2 Å². The summed E-state index contributed by atoms with van der Waals surface area (Å²) in [5, 5.41) is 14.6. The van der Waals surface area contributed by atoms with E-state index in [2.05, 4.69) is 15.2 Å². The van der Waals surface area contributed by atoms with Crippen molar-refractivity contribution in [3.8, 4) is 0 Å². The first-order valence-electron chi connectivity index (χ1n) is 8.47. The fraction of sp³-hybridized carbons (Fsp3) is 0.278. The SMILES string of the molecule is O=[N+]([O-])c1c(NCC2CCN(c3ccc(F)cc3)C2)nc2ccccn12. The predicted octanol–water partition coefficient (Wildman–Crippen LogP) is 3.32. The van der Waals surface area contributed by atoms with Crippen LogP contribution in [0.2, 0.25) is 0 Å². The van der Waals surface area contributed by atoms with Crippen LogP contribution >= 0.6 is 0 Å². The molecule has 8 heteroatoms. The van der Waals surface area contributed by atoms with E-state index in [1.54, 1.807) is 36.5 Å². The van der Waals surface area contributed by atoms with Crippen molar-refractivity contribution in [1.82, 2.24) is 9.38 Å². The Morgan fingerprint density at radius 3 is 2.85 bits per heavy atom. The molecule has 1 fully saturated rings. The minimum Gasteiger partial charge on any atom is -0.371 e. The van der Waals surface area contributed by atoms with Gasteiger partial charge in [0, 0.05) is 31.4 Å². The number of benzene rings is 1. The molecule has 0 saturated carbocycles. The van der Waals surface area contributed by atoms with Crippen LogP contribution in [0.3, 0.4) is 0 Å². The van der Waals surface area contributed by atoms with Gasteiger partial charge in [0.15, 0.2) is 0 Å². The molecular formula is C18H18FN5O2. The number of rotatable bonds is 5. The van der Waals surface area contributed by atoms with Gasteiger partial charge in [0.05, 0.1) is 6.20 Å². The quantitative estimate of drug-likeness (QED) is 0.561. The zero-order valence-corrected chi connectivity index (χ0v) is 14.0. The highest BCUT2D eigenvalue weighted by Crippen LogP contribution is 2.28. The Morgan fingerprint density at radius 2 is 2.08 bits per heavy atom. The maximum atomic E-state index is 13.1. The second-order valence-electron chi connectivity index (χ2n) is 6.43. The minimum atomic E-state index is -0.415. The first-order valence-corrected chi connectivity index (χ1v) is 8.47. The predicted molar refractivity (Wildman–Crippen MR) is 97.1 cm³/mol. The topological polar surface area (TPSA) is 75.7 Å². The summed E-state index contributed by atoms with van der Waals surface area (Å²) in [6.45, 7) is 2.30. The first-order chi connectivity index (χ1) is 12.6. The van der Waals surface area contributed by atoms with Gasteiger partial charge in [-0.25, -0.2) is 4.39 Å². The number of anilines is 2. The number of pyridine rings is 1. The molecule has 1 aliphatic heterocycles. The normalized spacial score (nSPS) is 17.0. The number of halogens is 1. The monoisotopic (exact) mass is 355 g/mol. The lowest BCUT2D eigenvalue weighted by atomic mass is 10.1. The van der Waals surface area contributed by atoms with Crippen LogP contribution < -0.4 is 10.2 Å². The first kappa shape index (κ1) is 16.3. The van der Waals surface area contributed by atoms with Gasteiger partial charge >= 0.3 is 5.82 Å². The van der Waals surface area contributed by atoms with E-state index in [9.17, 15) is 14.5 Å². The van der Waals surface area contributed by atoms with Gasteiger partial charge in [-0.3, -0.25) is 0 Å². The molecule has 1 unspecified atom stereocenters. The Morgan fingerprint density at radius 1 is 1.27 bits per heavy atom. The van der Waals surface area contributed by atoms with Gasteiger partial charge in [-0.2, -0.15) is 9.38 Å². The van der Waals surface area contributed by atoms with Crippen molar-refractivity contribution in [3.63, 3.8) is 0 Å². The molecule has 0 spiro atoms. The Bertz CT molecular complexity index is 940. The Kier molecular flexibility index (Phi) is 4.16. The fourth-order valence-electron chi connectivity index (χ4n) is 3.40. The molecule has 1 aliphatic rings. The molecule has 4 rings (SSSR count). The molecule has 0 radical (unpaired) electrons. The van der Waals surface area contributed by atoms with Crippen molar-refractivity contribution < 1.29 is 9.31 Å². The molecule has 7 nitrogen and oxygen atoms in total. The van der Waals surface area contributed by atoms with Crippen LogP contribution in [0.25, 0.3) is 5.65 Å². The van der Waals surface area contributed by atoms with Gasteiger partial charge in [0.1, 0.15) is 5.82 Å². The number of hydrogen-bond donors (Lipinski definition) is 1. The third-order valence-corrected chi connectivity index (χ3v) is 4.71. The minimum absolute atomic E-state index is 0.0472. The zero-order chi connectivity index (χ0) is 18.1. The highest BCUT2D eigenvalue weighted by molar-refractivity contribution is 5.62. The molecule has 3 aromatic rings. The molecule has 0 amide bonds. The van der Waals surface area contributed by atoms with Crippen LogP contribution in [0.4, 0.5) is 21.7 Å². The van der Waals surface area contributed by atoms with Crippen LogP contribution in [0.15, 0.2) is 48.7 Å². The summed E-state index contributed by atoms with van der Waals surface area (Å²) in [7, 11) is 0. The maximum Gasteiger partial charge on any atom is 0.372 e. The lowest BCUT2D eigenvalue weighted by molar-refractivity contribution is -0.389. The van der Waals surface area contributed by atoms with E-state index in [0.29, 0.717) is 23.9 Å². The van der Waals surface area contributed by atoms with Crippen LogP contribution in [-0.2, 0) is 0 Å². The van der Waals surface area contributed by atoms with Crippen molar-refractivity contribution in [1.29, 1.82) is 0 Å². The third kappa shape index (κ3) is 3.05. The number of aromatic nitrogens is 2. The van der Waals surface area contributed by atoms with Gasteiger partial charge in [0.25, 0.3) is 0 Å². The molecule has 1 aromatic carbocycles. The van der Waals surface area contributed by atoms with Crippen molar-refractivity contribution in [2.24, 2.45) is 5.92 Å². The molecule has 26 heavy (non-hydrogen) atoms. The van der Waals surface area contributed by atoms with Crippen molar-refractivity contribution in [3.05, 3.63) is 64.6 Å². The Balaban J connectivity index is 1.45. The van der Waals surface area contributed by atoms with Crippen LogP contribution in [0, 0.1) is 21.8 Å². The van der Waals surface area contributed by atoms with Gasteiger partial charge in [-0.05, 0) is 47.6 Å². The maximum absolute atomic E-state index is 13.1. The van der Waals surface area contributed by atoms with E-state index in [1.165, 1.54) is 16.5 Å². The third-order valence-electron chi connectivity index (χ3n) is 4.71. The summed E-state index contributed by atoms with van der Waals surface area (Å²) in [6, 6.07) is 11.7. The van der Waals surface area contributed by atoms with Crippen LogP contribution in [-0.4, -0.2) is 33.9 Å². The smallest absolute Gasteiger partial charge is 0.371 e. The van der Waals surface area contributed by atoms with Gasteiger partial charge in [-0.15, -0.1) is 0 Å². The second-order valence-corrected chi connectivity index (χ2v) is 6.43. The molecule has 1 saturated heterocycles. The summed E-state index contributed by atoms with van der Waals surface area (Å²) in [5.41, 5.74) is 1.54. The molecule has 1 N–H and O–H groups in total. The fourth-order valence-corrected chi connectivity index (χ4v) is 3.40. The number of nitro groups is 1. The molecule has 1 atom stereocenters. The van der Waals surface area contributed by atoms with E-state index >= 15 is 0 Å². The second kappa shape index (κ2) is 6.62. The van der Waals surface area contributed by atoms with E-state index in [1.807, 2.05) is 0 Å². The average molecular weight is 355 g/mol. The van der Waals surface area contributed by atoms with Crippen LogP contribution in [0.1, 0.15) is 6.42 Å². The number of nitrogens with zero attached hydrogens (tertiary/aromatic N) is 4. The van der Waals surface area contributed by atoms with Crippen LogP contribution in [0.5, 0.6) is 0 Å². The lowest BCUT2D eigenvalue weighted by Gasteiger charge is -2.18. The van der Waals surface area contributed by atoms with Gasteiger partial charge in [-0.1, -0.05) is 6.07 Å². The molecule has 0 bridgehead atoms. The number of imidazole rings is 1. The largest absolute Gasteiger partial charge is 0.372 e. The molecule has 2 aromatic heterocycles. The standard InChI is InChI=1S/C18H18FN5O2/c19-14-4-6-15(7-5-14)22-10-8-13(12-22)11-20-17-18(24(25)26)23-9-2-1-3-16(23)21-17/h1-7,9,13,20H,8,10-12H2. The summed E-state index contributed by atoms with van der Waals surface area (Å²) in [6.07, 6.45) is 2.60. The number of nitrogens with one attached hydrogen (secondary N) is 1. The summed E-state index contributed by atoms with van der Waals surface area (Å²) in [4.78, 5) is 17.5. The van der Waals surface area contributed by atoms with Crippen molar-refractivity contribution >= 4 is 23.0 Å². The average Bonchev–Trinajstić information content (AvgIpc) is 3.24. The lowest BCUT2D eigenvalue weighted by Crippen LogP contribution is -2.22. The summed E-state index contributed by atoms with van der Waals surface area (Å²) in [5.74, 6) is 0.338. The number of hydrogen-bond acceptors (Lipinski definition) is 5. The van der Waals surface area contributed by atoms with Gasteiger partial charge in [0.2, 0.25) is 11.5 Å². The molecular weight excluding hydrogens is 337 g/mol. The zero-order valence-electron chi connectivity index (χ0n) is 14.0. The highest BCUT2D eigenvalue weighted by atomic mass is 19.1. The molecule has 134 valence electrons. The highest BCUT2D eigenvalue weighted by Gasteiger charge is 2.26. The van der Waals surface area contributed by atoms with E-state index < -0.39 is 4.92 Å². The number of fused-ring (bicyclic) bond motifs is 1. The Labute approximate surface area is 149 Å². The van der Waals surface area contributed by atoms with E-state index in [4.69, 9.17) is 0 Å². The van der Waals surface area contributed by atoms with Crippen molar-refractivity contribution in [2.75, 3.05) is 29.9 Å². The molecule has 3 heterocycles. The summed E-state index contributed by atoms with van der Waals surface area (Å²) < 4.78 is 14.5. The molecule has 0 aliphatic carbocycles. The Hall–Kier alpha value is -3.16. The van der Waals surface area contributed by atoms with E-state index in [-0.39, 0.29) is 11.6 Å². The van der Waals surface area contributed by atoms with Gasteiger partial charge < -0.3 is 20.3 Å². The summed E-state index contributed by atoms with van der Waals surface area (Å²) >= 11 is 0. The van der Waals surface area contributed by atoms with Crippen molar-refractivity contribution in [2.45, 2.75) is 6.42 Å².